The maximum absolute atomic E-state index is 8.77. The number of aliphatic hydroxyl groups excluding tert-OH is 1. The van der Waals surface area contributed by atoms with Gasteiger partial charge in [-0.2, -0.15) is 0 Å². The Hall–Kier alpha value is -0.730. The summed E-state index contributed by atoms with van der Waals surface area (Å²) < 4.78 is 0. The van der Waals surface area contributed by atoms with Crippen molar-refractivity contribution in [3.63, 3.8) is 0 Å². The highest BCUT2D eigenvalue weighted by Gasteiger charge is 1.96. The molecule has 92 valence electrons. The van der Waals surface area contributed by atoms with Gasteiger partial charge < -0.3 is 5.11 Å². The van der Waals surface area contributed by atoms with Gasteiger partial charge in [0.2, 0.25) is 0 Å². The van der Waals surface area contributed by atoms with Gasteiger partial charge in [0.15, 0.2) is 0 Å². The number of thioether (sulfide) groups is 1. The van der Waals surface area contributed by atoms with Crippen molar-refractivity contribution in [1.82, 2.24) is 0 Å². The highest BCUT2D eigenvalue weighted by Crippen LogP contribution is 2.18. The molecule has 0 aliphatic rings. The molecule has 2 heteroatoms. The van der Waals surface area contributed by atoms with E-state index < -0.39 is 0 Å². The van der Waals surface area contributed by atoms with Crippen LogP contribution in [0.4, 0.5) is 0 Å². The summed E-state index contributed by atoms with van der Waals surface area (Å²) in [4.78, 5) is 1.28. The molecule has 0 saturated heterocycles. The fraction of sp³-hybridized carbons (Fsp3) is 0.429. The van der Waals surface area contributed by atoms with Crippen LogP contribution in [0.1, 0.15) is 25.0 Å². The number of hydrogen-bond donors (Lipinski definition) is 1. The van der Waals surface area contributed by atoms with Crippen LogP contribution in [0.25, 0.3) is 0 Å². The molecule has 0 aromatic heterocycles. The van der Waals surface area contributed by atoms with Gasteiger partial charge in [0, 0.05) is 11.5 Å². The number of benzene rings is 1. The lowest BCUT2D eigenvalue weighted by molar-refractivity contribution is 0.299. The topological polar surface area (TPSA) is 20.2 Å². The summed E-state index contributed by atoms with van der Waals surface area (Å²) in [5, 5.41) is 8.77. The van der Waals surface area contributed by atoms with Crippen LogP contribution in [-0.2, 0) is 6.42 Å². The van der Waals surface area contributed by atoms with Gasteiger partial charge in [-0.3, -0.25) is 0 Å². The summed E-state index contributed by atoms with van der Waals surface area (Å²) in [6.45, 7) is 12.3. The Labute approximate surface area is 105 Å². The Balaban J connectivity index is 0. The van der Waals surface area contributed by atoms with Crippen LogP contribution in [0.5, 0.6) is 0 Å². The van der Waals surface area contributed by atoms with E-state index in [4.69, 9.17) is 5.11 Å². The average Bonchev–Trinajstić information content (AvgIpc) is 2.34. The summed E-state index contributed by atoms with van der Waals surface area (Å²) in [7, 11) is 0. The molecule has 1 nitrogen and oxygen atoms in total. The number of hydrogen-bond acceptors (Lipinski definition) is 2. The first-order chi connectivity index (χ1) is 7.76. The van der Waals surface area contributed by atoms with Crippen molar-refractivity contribution in [2.75, 3.05) is 12.9 Å². The quantitative estimate of drug-likeness (QED) is 0.634. The molecule has 0 bridgehead atoms. The third kappa shape index (κ3) is 7.55. The second-order valence-corrected chi connectivity index (χ2v) is 3.71. The molecule has 1 rings (SSSR count). The summed E-state index contributed by atoms with van der Waals surface area (Å²) in [5.74, 6) is 0. The molecule has 1 aromatic carbocycles. The normalized spacial score (nSPS) is 8.31. The third-order valence-electron chi connectivity index (χ3n) is 1.75. The molecule has 0 spiro atoms. The third-order valence-corrected chi connectivity index (χ3v) is 2.45. The minimum Gasteiger partial charge on any atom is -0.396 e. The molecule has 0 aliphatic carbocycles. The van der Waals surface area contributed by atoms with E-state index in [1.807, 2.05) is 13.8 Å². The van der Waals surface area contributed by atoms with Crippen LogP contribution >= 0.6 is 11.8 Å². The highest BCUT2D eigenvalue weighted by molar-refractivity contribution is 7.98. The van der Waals surface area contributed by atoms with Crippen LogP contribution in [-0.4, -0.2) is 18.0 Å². The van der Waals surface area contributed by atoms with E-state index in [1.54, 1.807) is 11.8 Å². The van der Waals surface area contributed by atoms with E-state index in [0.717, 1.165) is 6.42 Å². The van der Waals surface area contributed by atoms with E-state index in [9.17, 15) is 0 Å². The van der Waals surface area contributed by atoms with Crippen molar-refractivity contribution in [1.29, 1.82) is 0 Å². The SMILES string of the molecule is C=C.CC.CSc1cc(C)cc(CCO)c1. The first kappa shape index (κ1) is 17.7. The monoisotopic (exact) mass is 240 g/mol. The van der Waals surface area contributed by atoms with Crippen molar-refractivity contribution in [3.05, 3.63) is 42.5 Å². The maximum Gasteiger partial charge on any atom is 0.0471 e. The molecular formula is C14H24OS. The smallest absolute Gasteiger partial charge is 0.0471 e. The minimum absolute atomic E-state index is 0.233. The van der Waals surface area contributed by atoms with Crippen molar-refractivity contribution in [2.45, 2.75) is 32.1 Å². The predicted molar refractivity (Wildman–Crippen MR) is 76.4 cm³/mol. The molecule has 0 heterocycles. The zero-order valence-corrected chi connectivity index (χ0v) is 11.7. The largest absolute Gasteiger partial charge is 0.396 e. The molecular weight excluding hydrogens is 216 g/mol. The molecule has 0 unspecified atom stereocenters. The fourth-order valence-electron chi connectivity index (χ4n) is 1.22. The summed E-state index contributed by atoms with van der Waals surface area (Å²) in [6.07, 6.45) is 2.83. The maximum atomic E-state index is 8.77. The predicted octanol–water partition coefficient (Wildman–Crippen LogP) is 4.08. The second kappa shape index (κ2) is 12.3. The fourth-order valence-corrected chi connectivity index (χ4v) is 1.79. The van der Waals surface area contributed by atoms with Gasteiger partial charge in [-0.25, -0.2) is 0 Å². The summed E-state index contributed by atoms with van der Waals surface area (Å²) in [5.41, 5.74) is 2.49. The second-order valence-electron chi connectivity index (χ2n) is 2.83. The van der Waals surface area contributed by atoms with E-state index >= 15 is 0 Å². The van der Waals surface area contributed by atoms with Gasteiger partial charge in [-0.15, -0.1) is 24.9 Å². The molecule has 16 heavy (non-hydrogen) atoms. The van der Waals surface area contributed by atoms with Gasteiger partial charge >= 0.3 is 0 Å². The molecule has 0 radical (unpaired) electrons. The standard InChI is InChI=1S/C10H14OS.C2H6.C2H4/c1-8-5-9(3-4-11)7-10(6-8)12-2;2*1-2/h5-7,11H,3-4H2,1-2H3;1-2H3;1-2H2. The Morgan fingerprint density at radius 3 is 2.19 bits per heavy atom. The molecule has 1 aromatic rings. The first-order valence-corrected chi connectivity index (χ1v) is 6.74. The lowest BCUT2D eigenvalue weighted by atomic mass is 10.1. The molecule has 0 amide bonds. The van der Waals surface area contributed by atoms with Crippen molar-refractivity contribution in [2.24, 2.45) is 0 Å². The van der Waals surface area contributed by atoms with E-state index in [2.05, 4.69) is 44.5 Å². The minimum atomic E-state index is 0.233. The van der Waals surface area contributed by atoms with Crippen LogP contribution < -0.4 is 0 Å². The van der Waals surface area contributed by atoms with E-state index in [-0.39, 0.29) is 6.61 Å². The molecule has 0 fully saturated rings. The lowest BCUT2D eigenvalue weighted by Gasteiger charge is -2.03. The van der Waals surface area contributed by atoms with Gasteiger partial charge in [0.05, 0.1) is 0 Å². The molecule has 1 N–H and O–H groups in total. The Morgan fingerprint density at radius 1 is 1.19 bits per heavy atom. The number of aryl methyl sites for hydroxylation is 1. The molecule has 0 atom stereocenters. The van der Waals surface area contributed by atoms with Gasteiger partial charge in [-0.1, -0.05) is 19.9 Å². The van der Waals surface area contributed by atoms with Gasteiger partial charge in [0.25, 0.3) is 0 Å². The molecule has 0 aliphatic heterocycles. The van der Waals surface area contributed by atoms with Crippen LogP contribution in [0.3, 0.4) is 0 Å². The zero-order chi connectivity index (χ0) is 13.0. The molecule has 0 saturated carbocycles. The highest BCUT2D eigenvalue weighted by atomic mass is 32.2. The van der Waals surface area contributed by atoms with Crippen molar-refractivity contribution < 1.29 is 5.11 Å². The summed E-state index contributed by atoms with van der Waals surface area (Å²) >= 11 is 1.74. The van der Waals surface area contributed by atoms with E-state index in [1.165, 1.54) is 16.0 Å². The van der Waals surface area contributed by atoms with Gasteiger partial charge in [0.1, 0.15) is 0 Å². The number of rotatable bonds is 3. The van der Waals surface area contributed by atoms with Gasteiger partial charge in [-0.05, 0) is 42.9 Å². The Bertz CT molecular complexity index is 271. The zero-order valence-electron chi connectivity index (χ0n) is 10.9. The van der Waals surface area contributed by atoms with Crippen molar-refractivity contribution in [3.8, 4) is 0 Å². The van der Waals surface area contributed by atoms with Crippen LogP contribution in [0.15, 0.2) is 36.3 Å². The first-order valence-electron chi connectivity index (χ1n) is 5.51. The van der Waals surface area contributed by atoms with Crippen LogP contribution in [0.2, 0.25) is 0 Å². The summed E-state index contributed by atoms with van der Waals surface area (Å²) in [6, 6.07) is 6.41. The lowest BCUT2D eigenvalue weighted by Crippen LogP contribution is -1.91. The Kier molecular flexibility index (Phi) is 13.6. The number of aliphatic hydroxyl groups is 1. The van der Waals surface area contributed by atoms with Crippen LogP contribution in [0, 0.1) is 6.92 Å². The van der Waals surface area contributed by atoms with Crippen molar-refractivity contribution >= 4 is 11.8 Å². The average molecular weight is 240 g/mol. The Morgan fingerprint density at radius 2 is 1.75 bits per heavy atom. The van der Waals surface area contributed by atoms with E-state index in [0.29, 0.717) is 0 Å².